The molecule has 0 spiro atoms. The fourth-order valence-electron chi connectivity index (χ4n) is 3.70. The van der Waals surface area contributed by atoms with Crippen molar-refractivity contribution in [1.29, 1.82) is 5.26 Å². The van der Waals surface area contributed by atoms with E-state index in [4.69, 9.17) is 37.3 Å². The zero-order valence-corrected chi connectivity index (χ0v) is 20.0. The van der Waals surface area contributed by atoms with Crippen molar-refractivity contribution in [3.63, 3.8) is 0 Å². The number of pyridine rings is 1. The van der Waals surface area contributed by atoms with Gasteiger partial charge in [-0.05, 0) is 42.0 Å². The van der Waals surface area contributed by atoms with Crippen LogP contribution in [0.15, 0.2) is 36.4 Å². The Hall–Kier alpha value is -4.00. The van der Waals surface area contributed by atoms with Crippen molar-refractivity contribution in [2.45, 2.75) is 0 Å². The van der Waals surface area contributed by atoms with E-state index in [1.165, 1.54) is 21.3 Å². The highest BCUT2D eigenvalue weighted by molar-refractivity contribution is 7.21. The first-order chi connectivity index (χ1) is 16.3. The van der Waals surface area contributed by atoms with Gasteiger partial charge in [-0.25, -0.2) is 4.98 Å². The van der Waals surface area contributed by atoms with Crippen molar-refractivity contribution >= 4 is 50.4 Å². The zero-order chi connectivity index (χ0) is 24.6. The fraction of sp³-hybridized carbons (Fsp3) is 0.125. The summed E-state index contributed by atoms with van der Waals surface area (Å²) >= 11 is 7.06. The fourth-order valence-corrected chi connectivity index (χ4v) is 4.90. The highest BCUT2D eigenvalue weighted by atomic mass is 35.5. The second-order valence-corrected chi connectivity index (χ2v) is 8.57. The lowest BCUT2D eigenvalue weighted by molar-refractivity contribution is 0.104. The van der Waals surface area contributed by atoms with Crippen LogP contribution in [0.25, 0.3) is 21.3 Å². The summed E-state index contributed by atoms with van der Waals surface area (Å²) in [4.78, 5) is 18.3. The number of fused-ring (bicyclic) bond motifs is 1. The number of rotatable bonds is 6. The van der Waals surface area contributed by atoms with Crippen molar-refractivity contribution in [3.8, 4) is 34.4 Å². The molecule has 2 heterocycles. The van der Waals surface area contributed by atoms with Gasteiger partial charge in [0.05, 0.1) is 27.0 Å². The van der Waals surface area contributed by atoms with Gasteiger partial charge in [-0.3, -0.25) is 4.79 Å². The van der Waals surface area contributed by atoms with Gasteiger partial charge in [0, 0.05) is 21.5 Å². The van der Waals surface area contributed by atoms with Gasteiger partial charge >= 0.3 is 0 Å². The molecular weight excluding hydrogens is 476 g/mol. The van der Waals surface area contributed by atoms with E-state index in [1.807, 2.05) is 0 Å². The minimum absolute atomic E-state index is 0.0190. The largest absolute Gasteiger partial charge is 0.493 e. The average molecular weight is 495 g/mol. The smallest absolute Gasteiger partial charge is 0.205 e. The lowest BCUT2D eigenvalue weighted by Gasteiger charge is -2.16. The van der Waals surface area contributed by atoms with E-state index in [0.717, 1.165) is 11.3 Å². The summed E-state index contributed by atoms with van der Waals surface area (Å²) in [7, 11) is 4.48. The quantitative estimate of drug-likeness (QED) is 0.361. The topological polar surface area (TPSA) is 133 Å². The van der Waals surface area contributed by atoms with E-state index >= 15 is 0 Å². The van der Waals surface area contributed by atoms with E-state index in [2.05, 4.69) is 11.1 Å². The SMILES string of the molecule is COc1cc(-c2c(C#N)c(N)nc3sc(C(=O)c4ccc(Cl)cc4)c(N)c23)cc(OC)c1OC. The monoisotopic (exact) mass is 494 g/mol. The number of nitriles is 1. The average Bonchev–Trinajstić information content (AvgIpc) is 3.17. The van der Waals surface area contributed by atoms with E-state index < -0.39 is 0 Å². The number of anilines is 2. The summed E-state index contributed by atoms with van der Waals surface area (Å²) in [6.07, 6.45) is 0. The number of hydrogen-bond donors (Lipinski definition) is 2. The van der Waals surface area contributed by atoms with Crippen molar-refractivity contribution in [2.24, 2.45) is 0 Å². The van der Waals surface area contributed by atoms with Crippen LogP contribution in [0, 0.1) is 11.3 Å². The highest BCUT2D eigenvalue weighted by Gasteiger charge is 2.26. The molecular formula is C24H19ClN4O4S. The molecule has 0 atom stereocenters. The van der Waals surface area contributed by atoms with Crippen LogP contribution in [-0.4, -0.2) is 32.1 Å². The number of methoxy groups -OCH3 is 3. The first-order valence-corrected chi connectivity index (χ1v) is 11.1. The Morgan fingerprint density at radius 1 is 1.06 bits per heavy atom. The van der Waals surface area contributed by atoms with Crippen LogP contribution < -0.4 is 25.7 Å². The van der Waals surface area contributed by atoms with Crippen LogP contribution in [0.5, 0.6) is 17.2 Å². The maximum Gasteiger partial charge on any atom is 0.205 e. The first kappa shape index (κ1) is 23.2. The number of ketones is 1. The zero-order valence-electron chi connectivity index (χ0n) is 18.4. The van der Waals surface area contributed by atoms with Gasteiger partial charge in [0.2, 0.25) is 11.5 Å². The Morgan fingerprint density at radius 3 is 2.21 bits per heavy atom. The van der Waals surface area contributed by atoms with E-state index in [0.29, 0.717) is 49.2 Å². The normalized spacial score (nSPS) is 10.7. The summed E-state index contributed by atoms with van der Waals surface area (Å²) < 4.78 is 16.3. The van der Waals surface area contributed by atoms with E-state index in [-0.39, 0.29) is 27.7 Å². The van der Waals surface area contributed by atoms with Crippen molar-refractivity contribution in [3.05, 3.63) is 57.4 Å². The molecule has 4 N–H and O–H groups in total. The standard InChI is InChI=1S/C24H19ClN4O4S/c1-31-15-8-12(9-16(32-2)21(15)33-3)17-14(10-26)23(28)29-24-18(17)19(27)22(34-24)20(30)11-4-6-13(25)7-5-11/h4-9H,27H2,1-3H3,(H2,28,29). The molecule has 4 rings (SSSR count). The minimum Gasteiger partial charge on any atom is -0.493 e. The Labute approximate surface area is 204 Å². The molecule has 0 bridgehead atoms. The van der Waals surface area contributed by atoms with Gasteiger partial charge < -0.3 is 25.7 Å². The van der Waals surface area contributed by atoms with Gasteiger partial charge in [0.15, 0.2) is 11.5 Å². The molecule has 0 amide bonds. The summed E-state index contributed by atoms with van der Waals surface area (Å²) in [6.45, 7) is 0. The van der Waals surface area contributed by atoms with Crippen molar-refractivity contribution in [2.75, 3.05) is 32.8 Å². The second kappa shape index (κ2) is 9.09. The van der Waals surface area contributed by atoms with Crippen LogP contribution in [-0.2, 0) is 0 Å². The number of hydrogen-bond acceptors (Lipinski definition) is 9. The van der Waals surface area contributed by atoms with Crippen LogP contribution in [0.4, 0.5) is 11.5 Å². The number of ether oxygens (including phenoxy) is 3. The molecule has 0 unspecified atom stereocenters. The van der Waals surface area contributed by atoms with Crippen LogP contribution in [0.3, 0.4) is 0 Å². The predicted octanol–water partition coefficient (Wildman–Crippen LogP) is 4.91. The number of nitrogen functional groups attached to an aromatic ring is 2. The molecule has 34 heavy (non-hydrogen) atoms. The first-order valence-electron chi connectivity index (χ1n) is 9.86. The van der Waals surface area contributed by atoms with E-state index in [1.54, 1.807) is 36.4 Å². The molecule has 0 aliphatic heterocycles. The van der Waals surface area contributed by atoms with Crippen LogP contribution in [0.1, 0.15) is 20.8 Å². The lowest BCUT2D eigenvalue weighted by atomic mass is 9.96. The molecule has 10 heteroatoms. The predicted molar refractivity (Wildman–Crippen MR) is 133 cm³/mol. The van der Waals surface area contributed by atoms with Gasteiger partial charge in [-0.15, -0.1) is 11.3 Å². The molecule has 0 aliphatic carbocycles. The molecule has 0 radical (unpaired) electrons. The Balaban J connectivity index is 2.04. The number of nitrogens with zero attached hydrogens (tertiary/aromatic N) is 2. The number of carbonyl (C=O) groups excluding carboxylic acids is 1. The second-order valence-electron chi connectivity index (χ2n) is 7.13. The van der Waals surface area contributed by atoms with Crippen LogP contribution in [0.2, 0.25) is 5.02 Å². The summed E-state index contributed by atoms with van der Waals surface area (Å²) in [5, 5.41) is 10.9. The van der Waals surface area contributed by atoms with Gasteiger partial charge in [0.1, 0.15) is 27.2 Å². The van der Waals surface area contributed by atoms with Crippen molar-refractivity contribution < 1.29 is 19.0 Å². The third kappa shape index (κ3) is 3.73. The Morgan fingerprint density at radius 2 is 1.68 bits per heavy atom. The van der Waals surface area contributed by atoms with Gasteiger partial charge in [-0.1, -0.05) is 11.6 Å². The minimum atomic E-state index is -0.287. The number of halogens is 1. The third-order valence-electron chi connectivity index (χ3n) is 5.28. The number of benzene rings is 2. The maximum atomic E-state index is 13.2. The third-order valence-corrected chi connectivity index (χ3v) is 6.63. The molecule has 4 aromatic rings. The Kier molecular flexibility index (Phi) is 6.20. The lowest BCUT2D eigenvalue weighted by Crippen LogP contribution is -2.03. The van der Waals surface area contributed by atoms with Crippen molar-refractivity contribution in [1.82, 2.24) is 4.98 Å². The number of aromatic nitrogens is 1. The van der Waals surface area contributed by atoms with Gasteiger partial charge in [0.25, 0.3) is 0 Å². The molecule has 0 saturated heterocycles. The number of thiophene rings is 1. The molecule has 0 fully saturated rings. The molecule has 172 valence electrons. The molecule has 8 nitrogen and oxygen atoms in total. The summed E-state index contributed by atoms with van der Waals surface area (Å²) in [6, 6.07) is 12.0. The molecule has 2 aromatic carbocycles. The highest BCUT2D eigenvalue weighted by Crippen LogP contribution is 2.47. The number of nitrogens with two attached hydrogens (primary N) is 2. The molecule has 0 aliphatic rings. The molecule has 0 saturated carbocycles. The summed E-state index contributed by atoms with van der Waals surface area (Å²) in [5.74, 6) is 0.893. The maximum absolute atomic E-state index is 13.2. The Bertz CT molecular complexity index is 1450. The molecule has 2 aromatic heterocycles. The van der Waals surface area contributed by atoms with Crippen LogP contribution >= 0.6 is 22.9 Å². The van der Waals surface area contributed by atoms with Gasteiger partial charge in [-0.2, -0.15) is 5.26 Å². The number of carbonyl (C=O) groups is 1. The summed E-state index contributed by atoms with van der Waals surface area (Å²) in [5.41, 5.74) is 14.4. The van der Waals surface area contributed by atoms with E-state index in [9.17, 15) is 10.1 Å².